The zero-order chi connectivity index (χ0) is 16.2. The molecule has 3 heteroatoms. The molecule has 3 rings (SSSR count). The van der Waals surface area contributed by atoms with Crippen LogP contribution in [0.3, 0.4) is 0 Å². The summed E-state index contributed by atoms with van der Waals surface area (Å²) in [5.41, 5.74) is 2.74. The van der Waals surface area contributed by atoms with Crippen LogP contribution in [0.15, 0.2) is 70.1 Å². The van der Waals surface area contributed by atoms with Crippen LogP contribution in [0, 0.1) is 5.92 Å². The van der Waals surface area contributed by atoms with Crippen molar-refractivity contribution in [2.45, 2.75) is 45.1 Å². The third-order valence-electron chi connectivity index (χ3n) is 4.64. The standard InChI is InChI=1S/C20H23Cl2N/c1-15-3-2-4-18(10-5-15)23(19-11-6-16(21)7-12-19)20-13-8-17(22)9-14-20/h2-4,6-8,11,13,15,19H,5,9-10,12,14H2,1H3. The van der Waals surface area contributed by atoms with Gasteiger partial charge in [-0.3, -0.25) is 0 Å². The lowest BCUT2D eigenvalue weighted by Gasteiger charge is -2.37. The number of hydrogen-bond donors (Lipinski definition) is 0. The largest absolute Gasteiger partial charge is 0.342 e. The first-order valence-electron chi connectivity index (χ1n) is 8.39. The summed E-state index contributed by atoms with van der Waals surface area (Å²) in [5, 5.41) is 1.78. The summed E-state index contributed by atoms with van der Waals surface area (Å²) in [6, 6.07) is 0.335. The Labute approximate surface area is 149 Å². The SMILES string of the molecule is CC1C=CC=C(N(C2=CC=C(Cl)CC2)C2C=CC(Cl)=CC2)CC1. The van der Waals surface area contributed by atoms with Gasteiger partial charge in [0.25, 0.3) is 0 Å². The molecule has 2 unspecified atom stereocenters. The van der Waals surface area contributed by atoms with Crippen molar-refractivity contribution < 1.29 is 0 Å². The summed E-state index contributed by atoms with van der Waals surface area (Å²) < 4.78 is 0. The van der Waals surface area contributed by atoms with Crippen LogP contribution < -0.4 is 0 Å². The first-order valence-corrected chi connectivity index (χ1v) is 9.15. The van der Waals surface area contributed by atoms with Crippen molar-refractivity contribution in [1.29, 1.82) is 0 Å². The number of allylic oxidation sites excluding steroid dienone is 10. The van der Waals surface area contributed by atoms with Crippen molar-refractivity contribution in [3.8, 4) is 0 Å². The van der Waals surface area contributed by atoms with Gasteiger partial charge in [0.15, 0.2) is 0 Å². The van der Waals surface area contributed by atoms with Crippen molar-refractivity contribution >= 4 is 23.2 Å². The zero-order valence-corrected chi connectivity index (χ0v) is 15.0. The van der Waals surface area contributed by atoms with Crippen molar-refractivity contribution in [1.82, 2.24) is 4.90 Å². The molecule has 2 atom stereocenters. The van der Waals surface area contributed by atoms with Gasteiger partial charge in [0, 0.05) is 21.5 Å². The van der Waals surface area contributed by atoms with Gasteiger partial charge in [-0.2, -0.15) is 0 Å². The molecule has 0 bridgehead atoms. The molecule has 122 valence electrons. The summed E-state index contributed by atoms with van der Waals surface area (Å²) in [5.74, 6) is 0.636. The van der Waals surface area contributed by atoms with E-state index in [0.29, 0.717) is 12.0 Å². The van der Waals surface area contributed by atoms with Gasteiger partial charge < -0.3 is 4.90 Å². The maximum absolute atomic E-state index is 6.15. The summed E-state index contributed by atoms with van der Waals surface area (Å²) >= 11 is 12.3. The maximum Gasteiger partial charge on any atom is 0.0554 e. The van der Waals surface area contributed by atoms with E-state index in [-0.39, 0.29) is 0 Å². The summed E-state index contributed by atoms with van der Waals surface area (Å²) in [7, 11) is 0. The van der Waals surface area contributed by atoms with Gasteiger partial charge in [-0.05, 0) is 62.3 Å². The van der Waals surface area contributed by atoms with Gasteiger partial charge in [-0.25, -0.2) is 0 Å². The second-order valence-corrected chi connectivity index (χ2v) is 7.37. The third-order valence-corrected chi connectivity index (χ3v) is 5.24. The second kappa shape index (κ2) is 7.59. The molecular formula is C20H23Cl2N. The Balaban J connectivity index is 1.89. The van der Waals surface area contributed by atoms with Crippen LogP contribution in [-0.4, -0.2) is 10.9 Å². The van der Waals surface area contributed by atoms with E-state index in [2.05, 4.69) is 48.3 Å². The quantitative estimate of drug-likeness (QED) is 0.570. The van der Waals surface area contributed by atoms with Crippen molar-refractivity contribution in [2.24, 2.45) is 5.92 Å². The fraction of sp³-hybridized carbons (Fsp3) is 0.400. The Bertz CT molecular complexity index is 634. The predicted octanol–water partition coefficient (Wildman–Crippen LogP) is 6.41. The molecule has 3 aliphatic rings. The van der Waals surface area contributed by atoms with Gasteiger partial charge >= 0.3 is 0 Å². The zero-order valence-electron chi connectivity index (χ0n) is 13.5. The van der Waals surface area contributed by atoms with Crippen LogP contribution in [-0.2, 0) is 0 Å². The molecule has 0 saturated heterocycles. The molecule has 23 heavy (non-hydrogen) atoms. The molecule has 0 fully saturated rings. The maximum atomic E-state index is 6.15. The minimum absolute atomic E-state index is 0.335. The molecule has 0 saturated carbocycles. The summed E-state index contributed by atoms with van der Waals surface area (Å²) in [6.07, 6.45) is 22.5. The Morgan fingerprint density at radius 3 is 2.52 bits per heavy atom. The highest BCUT2D eigenvalue weighted by Gasteiger charge is 2.24. The fourth-order valence-corrected chi connectivity index (χ4v) is 3.62. The van der Waals surface area contributed by atoms with E-state index in [4.69, 9.17) is 23.2 Å². The average Bonchev–Trinajstić information content (AvgIpc) is 2.76. The highest BCUT2D eigenvalue weighted by molar-refractivity contribution is 6.31. The predicted molar refractivity (Wildman–Crippen MR) is 100 cm³/mol. The van der Waals surface area contributed by atoms with E-state index in [1.807, 2.05) is 12.2 Å². The van der Waals surface area contributed by atoms with E-state index in [1.165, 1.54) is 17.8 Å². The Morgan fingerprint density at radius 1 is 1.00 bits per heavy atom. The Hall–Kier alpha value is -1.18. The van der Waals surface area contributed by atoms with E-state index in [1.54, 1.807) is 0 Å². The van der Waals surface area contributed by atoms with Gasteiger partial charge in [0.2, 0.25) is 0 Å². The normalized spacial score (nSPS) is 27.6. The summed E-state index contributed by atoms with van der Waals surface area (Å²) in [4.78, 5) is 2.50. The van der Waals surface area contributed by atoms with Crippen molar-refractivity contribution in [3.05, 3.63) is 70.1 Å². The smallest absolute Gasteiger partial charge is 0.0554 e. The van der Waals surface area contributed by atoms with Crippen molar-refractivity contribution in [3.63, 3.8) is 0 Å². The molecule has 0 aromatic carbocycles. The molecule has 0 aromatic heterocycles. The first kappa shape index (κ1) is 16.7. The van der Waals surface area contributed by atoms with Crippen LogP contribution in [0.1, 0.15) is 39.0 Å². The molecule has 0 amide bonds. The average molecular weight is 348 g/mol. The molecule has 0 N–H and O–H groups in total. The topological polar surface area (TPSA) is 3.24 Å². The number of halogens is 2. The lowest BCUT2D eigenvalue weighted by atomic mass is 9.99. The van der Waals surface area contributed by atoms with E-state index >= 15 is 0 Å². The molecule has 0 aliphatic heterocycles. The highest BCUT2D eigenvalue weighted by atomic mass is 35.5. The van der Waals surface area contributed by atoms with Gasteiger partial charge in [0.1, 0.15) is 0 Å². The van der Waals surface area contributed by atoms with E-state index < -0.39 is 0 Å². The van der Waals surface area contributed by atoms with Crippen LogP contribution in [0.25, 0.3) is 0 Å². The lowest BCUT2D eigenvalue weighted by molar-refractivity contribution is 0.332. The van der Waals surface area contributed by atoms with Gasteiger partial charge in [-0.1, -0.05) is 54.4 Å². The molecule has 0 spiro atoms. The molecule has 0 heterocycles. The van der Waals surface area contributed by atoms with Crippen LogP contribution in [0.4, 0.5) is 0 Å². The lowest BCUT2D eigenvalue weighted by Crippen LogP contribution is -2.33. The van der Waals surface area contributed by atoms with Gasteiger partial charge in [0.05, 0.1) is 6.04 Å². The second-order valence-electron chi connectivity index (χ2n) is 6.45. The van der Waals surface area contributed by atoms with E-state index in [9.17, 15) is 0 Å². The monoisotopic (exact) mass is 347 g/mol. The van der Waals surface area contributed by atoms with Crippen LogP contribution in [0.2, 0.25) is 0 Å². The minimum Gasteiger partial charge on any atom is -0.342 e. The van der Waals surface area contributed by atoms with Gasteiger partial charge in [-0.15, -0.1) is 0 Å². The fourth-order valence-electron chi connectivity index (χ4n) is 3.30. The van der Waals surface area contributed by atoms with E-state index in [0.717, 1.165) is 35.7 Å². The van der Waals surface area contributed by atoms with Crippen LogP contribution in [0.5, 0.6) is 0 Å². The molecular weight excluding hydrogens is 325 g/mol. The third kappa shape index (κ3) is 4.22. The number of hydrogen-bond acceptors (Lipinski definition) is 1. The molecule has 1 nitrogen and oxygen atoms in total. The molecule has 0 radical (unpaired) electrons. The number of rotatable bonds is 3. The van der Waals surface area contributed by atoms with Crippen LogP contribution >= 0.6 is 23.2 Å². The summed E-state index contributed by atoms with van der Waals surface area (Å²) in [6.45, 7) is 2.28. The Kier molecular flexibility index (Phi) is 5.50. The minimum atomic E-state index is 0.335. The highest BCUT2D eigenvalue weighted by Crippen LogP contribution is 2.34. The van der Waals surface area contributed by atoms with Crippen molar-refractivity contribution in [2.75, 3.05) is 0 Å². The first-order chi connectivity index (χ1) is 11.1. The molecule has 0 aromatic rings. The number of nitrogens with zero attached hydrogens (tertiary/aromatic N) is 1. The molecule has 3 aliphatic carbocycles. The Morgan fingerprint density at radius 2 is 1.83 bits per heavy atom.